The monoisotopic (exact) mass is 344 g/mol. The minimum atomic E-state index is -0.198. The van der Waals surface area contributed by atoms with Gasteiger partial charge < -0.3 is 4.98 Å². The van der Waals surface area contributed by atoms with E-state index in [-0.39, 0.29) is 17.6 Å². The summed E-state index contributed by atoms with van der Waals surface area (Å²) < 4.78 is 0. The Balaban J connectivity index is 1.87. The number of rotatable bonds is 5. The predicted molar refractivity (Wildman–Crippen MR) is 97.1 cm³/mol. The van der Waals surface area contributed by atoms with Crippen LogP contribution in [-0.2, 0) is 0 Å². The third kappa shape index (κ3) is 2.87. The van der Waals surface area contributed by atoms with Crippen LogP contribution in [0.3, 0.4) is 0 Å². The molecule has 0 unspecified atom stereocenters. The summed E-state index contributed by atoms with van der Waals surface area (Å²) in [4.78, 5) is 31.7. The number of hydrogen-bond acceptors (Lipinski definition) is 4. The van der Waals surface area contributed by atoms with Crippen LogP contribution in [0.15, 0.2) is 17.5 Å². The number of aromatic nitrogens is 1. The maximum Gasteiger partial charge on any atom is 0.196 e. The van der Waals surface area contributed by atoms with E-state index in [1.165, 1.54) is 4.88 Å². The number of carbonyl (C=O) groups is 2. The summed E-state index contributed by atoms with van der Waals surface area (Å²) in [7, 11) is 0. The first-order valence-corrected chi connectivity index (χ1v) is 9.33. The van der Waals surface area contributed by atoms with Gasteiger partial charge in [0.1, 0.15) is 0 Å². The first-order chi connectivity index (χ1) is 11.4. The normalized spacial score (nSPS) is 19.6. The van der Waals surface area contributed by atoms with Crippen LogP contribution < -0.4 is 0 Å². The van der Waals surface area contributed by atoms with Crippen LogP contribution in [0.2, 0.25) is 0 Å². The van der Waals surface area contributed by atoms with Gasteiger partial charge in [-0.3, -0.25) is 14.5 Å². The average molecular weight is 344 g/mol. The number of ketones is 2. The van der Waals surface area contributed by atoms with E-state index in [1.807, 2.05) is 20.8 Å². The molecular formula is C19H24N2O2S. The van der Waals surface area contributed by atoms with E-state index < -0.39 is 0 Å². The topological polar surface area (TPSA) is 53.2 Å². The van der Waals surface area contributed by atoms with Crippen molar-refractivity contribution in [3.8, 4) is 0 Å². The number of nitrogens with zero attached hydrogens (tertiary/aromatic N) is 1. The fraction of sp³-hybridized carbons (Fsp3) is 0.474. The number of aryl methyl sites for hydroxylation is 1. The zero-order valence-corrected chi connectivity index (χ0v) is 15.5. The fourth-order valence-corrected chi connectivity index (χ4v) is 4.80. The van der Waals surface area contributed by atoms with E-state index in [1.54, 1.807) is 18.3 Å². The molecule has 1 fully saturated rings. The molecule has 3 rings (SSSR count). The lowest BCUT2D eigenvalue weighted by Crippen LogP contribution is -2.38. The molecule has 0 aromatic carbocycles. The quantitative estimate of drug-likeness (QED) is 0.823. The molecule has 0 aliphatic carbocycles. The standard InChI is InChI=1S/C19H24N2O2S/c1-11-17(14(4)22)12(2)20-18(11)19(23)13(3)21-9-5-7-15(21)16-8-6-10-24-16/h6,8,10,13,15,20H,5,7,9H2,1-4H3/t13-,15+/m1/s1. The number of carbonyl (C=O) groups excluding carboxylic acids is 2. The van der Waals surface area contributed by atoms with Crippen LogP contribution in [0.25, 0.3) is 0 Å². The Morgan fingerprint density at radius 3 is 2.71 bits per heavy atom. The van der Waals surface area contributed by atoms with Crippen molar-refractivity contribution in [2.45, 2.75) is 52.6 Å². The Hall–Kier alpha value is -1.72. The second-order valence-corrected chi connectivity index (χ2v) is 7.61. The van der Waals surface area contributed by atoms with Gasteiger partial charge in [0, 0.05) is 22.2 Å². The van der Waals surface area contributed by atoms with Gasteiger partial charge in [0.2, 0.25) is 0 Å². The van der Waals surface area contributed by atoms with Crippen LogP contribution in [-0.4, -0.2) is 34.0 Å². The van der Waals surface area contributed by atoms with Crippen molar-refractivity contribution in [3.05, 3.63) is 44.9 Å². The second kappa shape index (κ2) is 6.65. The van der Waals surface area contributed by atoms with E-state index in [9.17, 15) is 9.59 Å². The maximum absolute atomic E-state index is 13.1. The van der Waals surface area contributed by atoms with Crippen LogP contribution in [0, 0.1) is 13.8 Å². The van der Waals surface area contributed by atoms with Gasteiger partial charge in [-0.25, -0.2) is 0 Å². The third-order valence-corrected chi connectivity index (χ3v) is 6.05. The van der Waals surface area contributed by atoms with Gasteiger partial charge in [0.05, 0.1) is 11.7 Å². The highest BCUT2D eigenvalue weighted by molar-refractivity contribution is 7.10. The molecule has 0 saturated carbocycles. The molecule has 0 amide bonds. The van der Waals surface area contributed by atoms with Crippen molar-refractivity contribution in [2.24, 2.45) is 0 Å². The molecule has 1 N–H and O–H groups in total. The fourth-order valence-electron chi connectivity index (χ4n) is 3.92. The minimum Gasteiger partial charge on any atom is -0.355 e. The maximum atomic E-state index is 13.1. The number of nitrogens with one attached hydrogen (secondary N) is 1. The Morgan fingerprint density at radius 2 is 2.12 bits per heavy atom. The summed E-state index contributed by atoms with van der Waals surface area (Å²) in [6, 6.07) is 4.35. The summed E-state index contributed by atoms with van der Waals surface area (Å²) >= 11 is 1.76. The summed E-state index contributed by atoms with van der Waals surface area (Å²) in [5.74, 6) is 0.0807. The zero-order valence-electron chi connectivity index (χ0n) is 14.7. The molecule has 2 atom stereocenters. The average Bonchev–Trinajstić information content (AvgIpc) is 3.24. The largest absolute Gasteiger partial charge is 0.355 e. The number of thiophene rings is 1. The van der Waals surface area contributed by atoms with E-state index in [2.05, 4.69) is 27.4 Å². The molecule has 0 radical (unpaired) electrons. The summed E-state index contributed by atoms with van der Waals surface area (Å²) in [6.45, 7) is 8.19. The molecule has 1 aliphatic heterocycles. The highest BCUT2D eigenvalue weighted by Gasteiger charge is 2.35. The number of hydrogen-bond donors (Lipinski definition) is 1. The molecule has 2 aromatic rings. The molecule has 5 heteroatoms. The Kier molecular flexibility index (Phi) is 4.74. The summed E-state index contributed by atoms with van der Waals surface area (Å²) in [6.07, 6.45) is 2.21. The highest BCUT2D eigenvalue weighted by Crippen LogP contribution is 2.36. The number of H-pyrrole nitrogens is 1. The Bertz CT molecular complexity index is 761. The SMILES string of the molecule is CC(=O)c1c(C)[nH]c(C(=O)[C@@H](C)N2CCC[C@H]2c2cccs2)c1C. The molecule has 24 heavy (non-hydrogen) atoms. The second-order valence-electron chi connectivity index (χ2n) is 6.63. The van der Waals surface area contributed by atoms with Crippen molar-refractivity contribution in [3.63, 3.8) is 0 Å². The molecule has 4 nitrogen and oxygen atoms in total. The van der Waals surface area contributed by atoms with Gasteiger partial charge in [-0.1, -0.05) is 6.07 Å². The molecule has 2 aromatic heterocycles. The molecule has 1 saturated heterocycles. The minimum absolute atomic E-state index is 0.00517. The van der Waals surface area contributed by atoms with Crippen molar-refractivity contribution in [2.75, 3.05) is 6.54 Å². The Labute approximate surface area is 146 Å². The van der Waals surface area contributed by atoms with E-state index in [4.69, 9.17) is 0 Å². The van der Waals surface area contributed by atoms with Crippen LogP contribution in [0.4, 0.5) is 0 Å². The summed E-state index contributed by atoms with van der Waals surface area (Å²) in [5.41, 5.74) is 2.80. The molecule has 0 bridgehead atoms. The van der Waals surface area contributed by atoms with Gasteiger partial charge in [0.15, 0.2) is 11.6 Å². The molecule has 0 spiro atoms. The lowest BCUT2D eigenvalue weighted by molar-refractivity contribution is 0.0816. The van der Waals surface area contributed by atoms with Gasteiger partial charge >= 0.3 is 0 Å². The van der Waals surface area contributed by atoms with Gasteiger partial charge in [0.25, 0.3) is 0 Å². The first-order valence-electron chi connectivity index (χ1n) is 8.45. The first kappa shape index (κ1) is 17.1. The Morgan fingerprint density at radius 1 is 1.38 bits per heavy atom. The van der Waals surface area contributed by atoms with Crippen LogP contribution in [0.1, 0.15) is 69.7 Å². The third-order valence-electron chi connectivity index (χ3n) is 5.08. The molecule has 3 heterocycles. The van der Waals surface area contributed by atoms with Gasteiger partial charge in [-0.2, -0.15) is 0 Å². The van der Waals surface area contributed by atoms with Crippen molar-refractivity contribution in [1.82, 2.24) is 9.88 Å². The van der Waals surface area contributed by atoms with E-state index in [0.717, 1.165) is 30.6 Å². The smallest absolute Gasteiger partial charge is 0.196 e. The molecule has 128 valence electrons. The lowest BCUT2D eigenvalue weighted by Gasteiger charge is -2.29. The predicted octanol–water partition coefficient (Wildman–Crippen LogP) is 4.30. The molecule has 1 aliphatic rings. The molecular weight excluding hydrogens is 320 g/mol. The number of Topliss-reactive ketones (excluding diaryl/α,β-unsaturated/α-hetero) is 2. The van der Waals surface area contributed by atoms with E-state index in [0.29, 0.717) is 17.3 Å². The van der Waals surface area contributed by atoms with Gasteiger partial charge in [-0.15, -0.1) is 11.3 Å². The van der Waals surface area contributed by atoms with Crippen molar-refractivity contribution < 1.29 is 9.59 Å². The van der Waals surface area contributed by atoms with Crippen molar-refractivity contribution >= 4 is 22.9 Å². The van der Waals surface area contributed by atoms with Gasteiger partial charge in [-0.05, 0) is 64.1 Å². The van der Waals surface area contributed by atoms with Crippen molar-refractivity contribution in [1.29, 1.82) is 0 Å². The van der Waals surface area contributed by atoms with Crippen LogP contribution in [0.5, 0.6) is 0 Å². The summed E-state index contributed by atoms with van der Waals surface area (Å²) in [5, 5.41) is 2.09. The zero-order chi connectivity index (χ0) is 17.4. The van der Waals surface area contributed by atoms with E-state index >= 15 is 0 Å². The highest BCUT2D eigenvalue weighted by atomic mass is 32.1. The number of aromatic amines is 1. The lowest BCUT2D eigenvalue weighted by atomic mass is 10.0. The number of likely N-dealkylation sites (tertiary alicyclic amines) is 1. The van der Waals surface area contributed by atoms with Crippen LogP contribution >= 0.6 is 11.3 Å².